The minimum atomic E-state index is -0.104. The first-order valence-electron chi connectivity index (χ1n) is 8.64. The van der Waals surface area contributed by atoms with Crippen molar-refractivity contribution >= 4 is 34.8 Å². The van der Waals surface area contributed by atoms with Crippen LogP contribution in [0.25, 0.3) is 4.85 Å². The lowest BCUT2D eigenvalue weighted by atomic mass is 10.0. The first-order valence-corrected chi connectivity index (χ1v) is 9.39. The number of rotatable bonds is 3. The average molecular weight is 403 g/mol. The minimum Gasteiger partial charge on any atom is -0.490 e. The summed E-state index contributed by atoms with van der Waals surface area (Å²) in [5, 5.41) is 0.677. The van der Waals surface area contributed by atoms with E-state index >= 15 is 0 Å². The van der Waals surface area contributed by atoms with Gasteiger partial charge < -0.3 is 9.64 Å². The molecule has 4 rings (SSSR count). The molecule has 3 atom stereocenters. The molecule has 0 radical (unpaired) electrons. The van der Waals surface area contributed by atoms with Crippen molar-refractivity contribution in [3.05, 3.63) is 57.9 Å². The lowest BCUT2D eigenvalue weighted by molar-refractivity contribution is 0.0763. The van der Waals surface area contributed by atoms with E-state index in [-0.39, 0.29) is 17.2 Å². The molecule has 0 bridgehead atoms. The number of hydrogen-bond acceptors (Lipinski definition) is 4. The molecule has 138 valence electrons. The first-order chi connectivity index (χ1) is 13.0. The van der Waals surface area contributed by atoms with Crippen LogP contribution >= 0.6 is 23.2 Å². The van der Waals surface area contributed by atoms with Crippen LogP contribution in [0.2, 0.25) is 10.2 Å². The van der Waals surface area contributed by atoms with Crippen molar-refractivity contribution in [2.75, 3.05) is 13.1 Å². The van der Waals surface area contributed by atoms with E-state index in [1.807, 2.05) is 4.90 Å². The van der Waals surface area contributed by atoms with E-state index in [9.17, 15) is 4.79 Å². The molecule has 27 heavy (non-hydrogen) atoms. The summed E-state index contributed by atoms with van der Waals surface area (Å²) in [5.41, 5.74) is 0.744. The Hall–Kier alpha value is -2.36. The average Bonchev–Trinajstić information content (AvgIpc) is 3.20. The molecule has 2 fully saturated rings. The number of ether oxygens (including phenoxy) is 1. The summed E-state index contributed by atoms with van der Waals surface area (Å²) in [6, 6.07) is 5.15. The number of likely N-dealkylation sites (tertiary alicyclic amines) is 1. The lowest BCUT2D eigenvalue weighted by Crippen LogP contribution is -2.31. The van der Waals surface area contributed by atoms with Gasteiger partial charge in [-0.25, -0.2) is 14.8 Å². The summed E-state index contributed by atoms with van der Waals surface area (Å²) in [5.74, 6) is 1.41. The number of carbonyl (C=O) groups is 1. The number of carbonyl (C=O) groups excluding carboxylic acids is 1. The summed E-state index contributed by atoms with van der Waals surface area (Å²) in [7, 11) is 0. The molecule has 1 unspecified atom stereocenters. The van der Waals surface area contributed by atoms with Crippen molar-refractivity contribution in [1.82, 2.24) is 14.9 Å². The van der Waals surface area contributed by atoms with Gasteiger partial charge in [-0.05, 0) is 36.8 Å². The monoisotopic (exact) mass is 402 g/mol. The quantitative estimate of drug-likeness (QED) is 0.719. The van der Waals surface area contributed by atoms with E-state index in [2.05, 4.69) is 14.8 Å². The molecule has 1 aliphatic carbocycles. The van der Waals surface area contributed by atoms with Crippen LogP contribution in [0.3, 0.4) is 0 Å². The highest BCUT2D eigenvalue weighted by atomic mass is 35.5. The number of benzene rings is 1. The Morgan fingerprint density at radius 2 is 1.93 bits per heavy atom. The van der Waals surface area contributed by atoms with Gasteiger partial charge in [0.2, 0.25) is 5.69 Å². The zero-order chi connectivity index (χ0) is 19.0. The predicted octanol–water partition coefficient (Wildman–Crippen LogP) is 4.26. The van der Waals surface area contributed by atoms with Gasteiger partial charge >= 0.3 is 0 Å². The molecular formula is C19H16Cl2N4O2. The first kappa shape index (κ1) is 18.0. The molecule has 1 saturated heterocycles. The van der Waals surface area contributed by atoms with Crippen molar-refractivity contribution in [3.8, 4) is 5.75 Å². The third-order valence-electron chi connectivity index (χ3n) is 5.18. The van der Waals surface area contributed by atoms with Gasteiger partial charge in [0.25, 0.3) is 5.91 Å². The molecule has 2 heterocycles. The number of aromatic nitrogens is 2. The number of halogens is 2. The normalized spacial score (nSPS) is 23.7. The van der Waals surface area contributed by atoms with Crippen molar-refractivity contribution in [1.29, 1.82) is 0 Å². The van der Waals surface area contributed by atoms with E-state index < -0.39 is 0 Å². The third-order valence-corrected chi connectivity index (χ3v) is 5.67. The van der Waals surface area contributed by atoms with Crippen molar-refractivity contribution in [3.63, 3.8) is 0 Å². The Morgan fingerprint density at radius 1 is 1.19 bits per heavy atom. The Morgan fingerprint density at radius 3 is 2.52 bits per heavy atom. The van der Waals surface area contributed by atoms with Gasteiger partial charge in [0, 0.05) is 13.1 Å². The van der Waals surface area contributed by atoms with E-state index in [0.29, 0.717) is 47.1 Å². The van der Waals surface area contributed by atoms with Crippen molar-refractivity contribution in [2.24, 2.45) is 11.8 Å². The highest BCUT2D eigenvalue weighted by molar-refractivity contribution is 6.33. The Balaban J connectivity index is 1.35. The standard InChI is InChI=1S/C19H16Cl2N4O2/c1-22-16-3-2-13(6-15(16)20)27-14-4-11-9-25(10-12(11)5-14)19(26)17-7-24-18(21)8-23-17/h2-3,6-8,11-12,14H,4-5,9-10H2/t11-,12+,14?. The van der Waals surface area contributed by atoms with E-state index in [1.165, 1.54) is 12.4 Å². The fourth-order valence-corrected chi connectivity index (χ4v) is 4.25. The Kier molecular flexibility index (Phi) is 4.90. The van der Waals surface area contributed by atoms with Gasteiger partial charge in [-0.3, -0.25) is 4.79 Å². The molecule has 1 saturated carbocycles. The summed E-state index contributed by atoms with van der Waals surface area (Å²) in [6.45, 7) is 8.44. The second-order valence-corrected chi connectivity index (χ2v) is 7.69. The van der Waals surface area contributed by atoms with Crippen LogP contribution in [-0.2, 0) is 0 Å². The van der Waals surface area contributed by atoms with Gasteiger partial charge in [-0.1, -0.05) is 29.3 Å². The topological polar surface area (TPSA) is 59.7 Å². The van der Waals surface area contributed by atoms with Crippen LogP contribution in [0.1, 0.15) is 23.3 Å². The lowest BCUT2D eigenvalue weighted by Gasteiger charge is -2.20. The minimum absolute atomic E-state index is 0.0995. The fourth-order valence-electron chi connectivity index (χ4n) is 3.94. The molecular weight excluding hydrogens is 387 g/mol. The Bertz CT molecular complexity index is 899. The van der Waals surface area contributed by atoms with Crippen LogP contribution in [0.4, 0.5) is 5.69 Å². The molecule has 1 aromatic carbocycles. The number of amides is 1. The molecule has 0 spiro atoms. The van der Waals surface area contributed by atoms with Gasteiger partial charge in [0.15, 0.2) is 0 Å². The van der Waals surface area contributed by atoms with Crippen LogP contribution in [0.5, 0.6) is 5.75 Å². The van der Waals surface area contributed by atoms with E-state index in [4.69, 9.17) is 34.5 Å². The summed E-state index contributed by atoms with van der Waals surface area (Å²) >= 11 is 11.8. The van der Waals surface area contributed by atoms with Gasteiger partial charge in [0.1, 0.15) is 16.6 Å². The maximum atomic E-state index is 12.6. The van der Waals surface area contributed by atoms with Gasteiger partial charge in [-0.15, -0.1) is 0 Å². The largest absolute Gasteiger partial charge is 0.490 e. The Labute approximate surface area is 166 Å². The van der Waals surface area contributed by atoms with Gasteiger partial charge in [0.05, 0.1) is 30.1 Å². The molecule has 0 N–H and O–H groups in total. The summed E-state index contributed by atoms with van der Waals surface area (Å²) < 4.78 is 6.06. The van der Waals surface area contributed by atoms with Crippen molar-refractivity contribution in [2.45, 2.75) is 18.9 Å². The van der Waals surface area contributed by atoms with Crippen LogP contribution in [0.15, 0.2) is 30.6 Å². The van der Waals surface area contributed by atoms with Crippen LogP contribution < -0.4 is 4.74 Å². The maximum Gasteiger partial charge on any atom is 0.274 e. The number of fused-ring (bicyclic) bond motifs is 1. The highest BCUT2D eigenvalue weighted by Crippen LogP contribution is 2.40. The second kappa shape index (κ2) is 7.34. The van der Waals surface area contributed by atoms with Crippen molar-refractivity contribution < 1.29 is 9.53 Å². The maximum absolute atomic E-state index is 12.6. The zero-order valence-corrected chi connectivity index (χ0v) is 15.8. The molecule has 1 aliphatic heterocycles. The van der Waals surface area contributed by atoms with Crippen LogP contribution in [0, 0.1) is 18.4 Å². The molecule has 1 aromatic heterocycles. The predicted molar refractivity (Wildman–Crippen MR) is 101 cm³/mol. The molecule has 6 nitrogen and oxygen atoms in total. The SMILES string of the molecule is [C-]#[N+]c1ccc(OC2C[C@@H]3CN(C(=O)c4cnc(Cl)cn4)C[C@@H]3C2)cc1Cl. The molecule has 2 aliphatic rings. The van der Waals surface area contributed by atoms with E-state index in [0.717, 1.165) is 12.8 Å². The zero-order valence-electron chi connectivity index (χ0n) is 14.3. The fraction of sp³-hybridized carbons (Fsp3) is 0.368. The van der Waals surface area contributed by atoms with Gasteiger partial charge in [-0.2, -0.15) is 0 Å². The molecule has 2 aromatic rings. The smallest absolute Gasteiger partial charge is 0.274 e. The number of hydrogen-bond donors (Lipinski definition) is 0. The molecule has 1 amide bonds. The second-order valence-electron chi connectivity index (χ2n) is 6.89. The van der Waals surface area contributed by atoms with Crippen LogP contribution in [-0.4, -0.2) is 40.0 Å². The summed E-state index contributed by atoms with van der Waals surface area (Å²) in [6.07, 6.45) is 4.69. The van der Waals surface area contributed by atoms with E-state index in [1.54, 1.807) is 18.2 Å². The summed E-state index contributed by atoms with van der Waals surface area (Å²) in [4.78, 5) is 25.8. The third kappa shape index (κ3) is 3.71. The highest BCUT2D eigenvalue weighted by Gasteiger charge is 2.43. The molecule has 8 heteroatoms. The number of nitrogens with zero attached hydrogens (tertiary/aromatic N) is 4.